The van der Waals surface area contributed by atoms with E-state index in [0.717, 1.165) is 13.8 Å². The molecule has 25 nitrogen and oxygen atoms in total. The van der Waals surface area contributed by atoms with Crippen molar-refractivity contribution in [3.63, 3.8) is 0 Å². The van der Waals surface area contributed by atoms with Crippen LogP contribution in [-0.2, 0) is 71.5 Å². The summed E-state index contributed by atoms with van der Waals surface area (Å²) in [7, 11) is 0. The third-order valence-corrected chi connectivity index (χ3v) is 17.3. The molecule has 25 heteroatoms. The molecule has 3 aliphatic carbocycles. The van der Waals surface area contributed by atoms with Gasteiger partial charge in [-0.05, 0) is 61.2 Å². The van der Waals surface area contributed by atoms with Crippen molar-refractivity contribution in [2.45, 2.75) is 165 Å². The topological polar surface area (TPSA) is 373 Å². The van der Waals surface area contributed by atoms with Crippen LogP contribution in [0.1, 0.15) is 112 Å². The molecule has 3 aromatic rings. The van der Waals surface area contributed by atoms with Crippen LogP contribution in [0.25, 0.3) is 0 Å². The highest BCUT2D eigenvalue weighted by Gasteiger charge is 2.79. The molecule has 8 N–H and O–H groups in total. The molecule has 464 valence electrons. The number of hydrogen-bond acceptors (Lipinski definition) is 23. The monoisotopic (exact) mass is 1200 g/mol. The molecule has 86 heavy (non-hydrogen) atoms. The Kier molecular flexibility index (Phi) is 19.7. The first-order valence-corrected chi connectivity index (χ1v) is 28.2. The van der Waals surface area contributed by atoms with Crippen LogP contribution < -0.4 is 10.6 Å². The van der Waals surface area contributed by atoms with Gasteiger partial charge in [0.2, 0.25) is 5.91 Å². The lowest BCUT2D eigenvalue weighted by Crippen LogP contribution is -2.82. The molecule has 2 saturated carbocycles. The lowest BCUT2D eigenvalue weighted by molar-refractivity contribution is -0.346. The average Bonchev–Trinajstić information content (AvgIpc) is 0.672. The molecule has 4 fully saturated rings. The van der Waals surface area contributed by atoms with Crippen LogP contribution >= 0.6 is 0 Å². The summed E-state index contributed by atoms with van der Waals surface area (Å²) < 4.78 is 47.2. The maximum atomic E-state index is 16.3. The first kappa shape index (κ1) is 64.5. The maximum Gasteiger partial charge on any atom is 0.338 e. The molecule has 2 amide bonds. The van der Waals surface area contributed by atoms with Crippen LogP contribution in [0, 0.1) is 16.7 Å². The lowest BCUT2D eigenvalue weighted by Gasteiger charge is -2.67. The Hall–Kier alpha value is -7.49. The molecule has 0 spiro atoms. The fourth-order valence-corrected chi connectivity index (χ4v) is 12.7. The van der Waals surface area contributed by atoms with Crippen LogP contribution in [0.15, 0.2) is 102 Å². The number of aliphatic hydroxyl groups excluding tert-OH is 5. The summed E-state index contributed by atoms with van der Waals surface area (Å²) in [4.78, 5) is 126. The van der Waals surface area contributed by atoms with E-state index in [1.807, 2.05) is 0 Å². The van der Waals surface area contributed by atoms with Crippen molar-refractivity contribution in [1.82, 2.24) is 10.6 Å². The summed E-state index contributed by atoms with van der Waals surface area (Å²) in [6.07, 6.45) is -21.6. The number of benzene rings is 3. The summed E-state index contributed by atoms with van der Waals surface area (Å²) in [5.74, 6) is -10.4. The van der Waals surface area contributed by atoms with E-state index in [1.165, 1.54) is 52.0 Å². The second-order valence-corrected chi connectivity index (χ2v) is 23.0. The number of hydrogen-bond donors (Lipinski definition) is 8. The number of fused-ring (bicyclic) bond motifs is 5. The zero-order valence-electron chi connectivity index (χ0n) is 48.2. The molecule has 3 unspecified atom stereocenters. The number of esters is 6. The molecular formula is C61H72N2O23. The van der Waals surface area contributed by atoms with E-state index < -0.39 is 187 Å². The highest BCUT2D eigenvalue weighted by atomic mass is 16.7. The molecule has 2 heterocycles. The molecule has 5 aliphatic rings. The number of nitrogens with one attached hydrogen (secondary N) is 2. The predicted octanol–water partition coefficient (Wildman–Crippen LogP) is 1.31. The largest absolute Gasteiger partial charge is 0.461 e. The van der Waals surface area contributed by atoms with Gasteiger partial charge in [0.05, 0.1) is 42.6 Å². The molecule has 8 rings (SSSR count). The molecule has 2 saturated heterocycles. The van der Waals surface area contributed by atoms with E-state index in [-0.39, 0.29) is 48.1 Å². The first-order valence-electron chi connectivity index (χ1n) is 28.2. The van der Waals surface area contributed by atoms with Gasteiger partial charge in [0.25, 0.3) is 5.91 Å². The van der Waals surface area contributed by atoms with Crippen LogP contribution in [0.5, 0.6) is 0 Å². The number of carbonyl (C=O) groups excluding carboxylic acids is 9. The van der Waals surface area contributed by atoms with Crippen molar-refractivity contribution >= 4 is 53.4 Å². The summed E-state index contributed by atoms with van der Waals surface area (Å²) >= 11 is 0. The van der Waals surface area contributed by atoms with Gasteiger partial charge in [0.1, 0.15) is 48.3 Å². The van der Waals surface area contributed by atoms with E-state index in [0.29, 0.717) is 5.56 Å². The Labute approximate surface area is 494 Å². The summed E-state index contributed by atoms with van der Waals surface area (Å²) in [5, 5.41) is 71.3. The molecule has 0 aromatic heterocycles. The fourth-order valence-electron chi connectivity index (χ4n) is 12.7. The number of carbonyl (C=O) groups is 9. The zero-order chi connectivity index (χ0) is 62.6. The number of Topliss-reactive ketones (excluding diaryl/α,β-unsaturated/α-hetero) is 1. The second kappa shape index (κ2) is 26.2. The van der Waals surface area contributed by atoms with Gasteiger partial charge in [-0.15, -0.1) is 0 Å². The molecular weight excluding hydrogens is 1130 g/mol. The van der Waals surface area contributed by atoms with Gasteiger partial charge < -0.3 is 79.2 Å². The van der Waals surface area contributed by atoms with Crippen LogP contribution in [0.3, 0.4) is 0 Å². The molecule has 0 radical (unpaired) electrons. The van der Waals surface area contributed by atoms with Crippen molar-refractivity contribution < 1.29 is 112 Å². The van der Waals surface area contributed by atoms with Gasteiger partial charge in [0, 0.05) is 57.1 Å². The van der Waals surface area contributed by atoms with Gasteiger partial charge in [-0.1, -0.05) is 80.6 Å². The van der Waals surface area contributed by atoms with E-state index >= 15 is 4.79 Å². The predicted molar refractivity (Wildman–Crippen MR) is 293 cm³/mol. The zero-order valence-corrected chi connectivity index (χ0v) is 48.2. The maximum absolute atomic E-state index is 16.3. The van der Waals surface area contributed by atoms with Gasteiger partial charge in [0.15, 0.2) is 36.0 Å². The van der Waals surface area contributed by atoms with Crippen LogP contribution in [0.2, 0.25) is 0 Å². The van der Waals surface area contributed by atoms with Crippen molar-refractivity contribution in [1.29, 1.82) is 0 Å². The average molecular weight is 1200 g/mol. The van der Waals surface area contributed by atoms with Crippen LogP contribution in [-0.4, -0.2) is 182 Å². The van der Waals surface area contributed by atoms with E-state index in [1.54, 1.807) is 66.7 Å². The standard InChI is InChI=1S/C61H72N2O23/c1-31-37(81-56(76)47(71)45(34-17-10-7-11-18-34)63-54(74)35-19-12-8-13-20-35)28-61(78)53(85-55(75)36-21-14-9-15-22-36)51-59(6,52(73)49(80-32(2)65)44(31)58(61,4)5)39(27-40-60(51,30-79-40)86-33(3)66)83-43(69)25-24-41(67)62-26-16-23-42(68)84-50-46(70)38(29-64)82-57(77)48(50)72/h7-15,17-22,37-40,45-51,53,57,64,70-72,77-78H,16,23-30H2,1-6H3,(H,62,67)(H,63,74)/t37-,38+,39-,40+,45-,46+,47+,48+,49+,50-,51?,53?,57?,59+,60-,61+/m0/s1. The highest BCUT2D eigenvalue weighted by Crippen LogP contribution is 2.65. The summed E-state index contributed by atoms with van der Waals surface area (Å²) in [6, 6.07) is 22.2. The van der Waals surface area contributed by atoms with Gasteiger partial charge in [-0.25, -0.2) is 9.59 Å². The minimum absolute atomic E-state index is 0.0287. The van der Waals surface area contributed by atoms with Crippen molar-refractivity contribution in [3.8, 4) is 0 Å². The summed E-state index contributed by atoms with van der Waals surface area (Å²) in [5.41, 5.74) is -8.31. The minimum atomic E-state index is -2.58. The third kappa shape index (κ3) is 12.7. The van der Waals surface area contributed by atoms with Crippen molar-refractivity contribution in [3.05, 3.63) is 119 Å². The Bertz CT molecular complexity index is 3070. The van der Waals surface area contributed by atoms with E-state index in [2.05, 4.69) is 10.6 Å². The number of rotatable bonds is 20. The number of ether oxygens (including phenoxy) is 8. The van der Waals surface area contributed by atoms with Gasteiger partial charge in [-0.3, -0.25) is 33.6 Å². The Balaban J connectivity index is 1.12. The van der Waals surface area contributed by atoms with Gasteiger partial charge in [-0.2, -0.15) is 0 Å². The van der Waals surface area contributed by atoms with E-state index in [4.69, 9.17) is 37.9 Å². The third-order valence-electron chi connectivity index (χ3n) is 17.3. The molecule has 2 bridgehead atoms. The molecule has 2 aliphatic heterocycles. The first-order chi connectivity index (χ1) is 40.7. The SMILES string of the molecule is CC(=O)O[C@H]1C(=O)[C@@]2(C)C(C(OC(=O)c3ccccc3)[C@]3(O)C[C@H](OC(=O)[C@H](O)[C@@H](NC(=O)c4ccccc4)c4ccccc4)C(C)=C1C3(C)C)[C@]1(OC(C)=O)CO[C@@H]1C[C@@H]2OC(=O)CCC(=O)NCCCC(=O)O[C@H]1[C@H](O)[C@@H](CO)OC(O)[C@@H]1O. The number of aliphatic hydroxyl groups is 6. The van der Waals surface area contributed by atoms with Gasteiger partial charge >= 0.3 is 35.8 Å². The normalized spacial score (nSPS) is 31.4. The Morgan fingerprint density at radius 1 is 0.756 bits per heavy atom. The number of ketones is 1. The Morgan fingerprint density at radius 2 is 1.37 bits per heavy atom. The second-order valence-electron chi connectivity index (χ2n) is 23.0. The summed E-state index contributed by atoms with van der Waals surface area (Å²) in [6.45, 7) is 6.53. The molecule has 16 atom stereocenters. The van der Waals surface area contributed by atoms with Crippen molar-refractivity contribution in [2.24, 2.45) is 16.7 Å². The van der Waals surface area contributed by atoms with Crippen LogP contribution in [0.4, 0.5) is 0 Å². The number of amides is 2. The quantitative estimate of drug-likeness (QED) is 0.0342. The smallest absolute Gasteiger partial charge is 0.338 e. The fraction of sp³-hybridized carbons (Fsp3) is 0.525. The Morgan fingerprint density at radius 3 is 1.97 bits per heavy atom. The molecule has 3 aromatic carbocycles. The minimum Gasteiger partial charge on any atom is -0.461 e. The highest BCUT2D eigenvalue weighted by molar-refractivity contribution is 5.97. The van der Waals surface area contributed by atoms with E-state index in [9.17, 15) is 69.0 Å². The lowest BCUT2D eigenvalue weighted by atomic mass is 9.44. The van der Waals surface area contributed by atoms with Crippen molar-refractivity contribution in [2.75, 3.05) is 19.8 Å².